The summed E-state index contributed by atoms with van der Waals surface area (Å²) in [5.41, 5.74) is 2.15. The summed E-state index contributed by atoms with van der Waals surface area (Å²) in [7, 11) is 0. The van der Waals surface area contributed by atoms with E-state index in [9.17, 15) is 0 Å². The Bertz CT molecular complexity index is 547. The molecule has 1 saturated heterocycles. The van der Waals surface area contributed by atoms with Crippen LogP contribution in [-0.2, 0) is 0 Å². The van der Waals surface area contributed by atoms with E-state index in [4.69, 9.17) is 11.6 Å². The summed E-state index contributed by atoms with van der Waals surface area (Å²) in [5.74, 6) is 0.708. The number of halogens is 1. The molecule has 1 aromatic carbocycles. The van der Waals surface area contributed by atoms with Gasteiger partial charge in [0.25, 0.3) is 0 Å². The maximum absolute atomic E-state index is 5.79. The van der Waals surface area contributed by atoms with Gasteiger partial charge in [0.05, 0.1) is 17.4 Å². The normalized spacial score (nSPS) is 17.0. The average Bonchev–Trinajstić information content (AvgIpc) is 2.48. The topological polar surface area (TPSA) is 32.3 Å². The van der Waals surface area contributed by atoms with E-state index in [2.05, 4.69) is 32.1 Å². The highest BCUT2D eigenvalue weighted by Crippen LogP contribution is 2.24. The lowest BCUT2D eigenvalue weighted by Crippen LogP contribution is -2.47. The third-order valence-corrected chi connectivity index (χ3v) is 3.81. The first-order valence-electron chi connectivity index (χ1n) is 6.62. The van der Waals surface area contributed by atoms with Crippen molar-refractivity contribution in [3.05, 3.63) is 30.5 Å². The van der Waals surface area contributed by atoms with E-state index in [0.29, 0.717) is 5.88 Å². The third-order valence-electron chi connectivity index (χ3n) is 3.64. The number of hydrogen-bond donors (Lipinski definition) is 0. The van der Waals surface area contributed by atoms with Crippen molar-refractivity contribution < 1.29 is 0 Å². The minimum absolute atomic E-state index is 0.708. The monoisotopic (exact) mass is 276 g/mol. The summed E-state index contributed by atoms with van der Waals surface area (Å²) in [5, 5.41) is 9.48. The summed E-state index contributed by atoms with van der Waals surface area (Å²) in [4.78, 5) is 4.79. The quantitative estimate of drug-likeness (QED) is 0.803. The maximum atomic E-state index is 5.79. The fourth-order valence-corrected chi connectivity index (χ4v) is 2.82. The van der Waals surface area contributed by atoms with Crippen LogP contribution in [0.15, 0.2) is 30.5 Å². The molecule has 0 radical (unpaired) electrons. The first kappa shape index (κ1) is 12.6. The number of anilines is 1. The number of rotatable bonds is 3. The summed E-state index contributed by atoms with van der Waals surface area (Å²) < 4.78 is 0. The Kier molecular flexibility index (Phi) is 3.80. The molecule has 100 valence electrons. The number of hydrogen-bond acceptors (Lipinski definition) is 4. The van der Waals surface area contributed by atoms with Gasteiger partial charge in [0.1, 0.15) is 0 Å². The van der Waals surface area contributed by atoms with Gasteiger partial charge in [-0.25, -0.2) is 0 Å². The number of piperazine rings is 1. The Morgan fingerprint density at radius 1 is 1.11 bits per heavy atom. The second-order valence-electron chi connectivity index (χ2n) is 4.76. The van der Waals surface area contributed by atoms with Gasteiger partial charge in [0.15, 0.2) is 0 Å². The van der Waals surface area contributed by atoms with Gasteiger partial charge in [0.2, 0.25) is 0 Å². The van der Waals surface area contributed by atoms with Crippen molar-refractivity contribution in [2.45, 2.75) is 0 Å². The van der Waals surface area contributed by atoms with Crippen molar-refractivity contribution in [1.82, 2.24) is 15.1 Å². The zero-order valence-corrected chi connectivity index (χ0v) is 11.6. The van der Waals surface area contributed by atoms with E-state index in [-0.39, 0.29) is 0 Å². The van der Waals surface area contributed by atoms with Gasteiger partial charge in [-0.15, -0.1) is 11.6 Å². The van der Waals surface area contributed by atoms with Gasteiger partial charge in [0, 0.05) is 44.0 Å². The van der Waals surface area contributed by atoms with E-state index in [1.807, 2.05) is 18.3 Å². The molecule has 5 heteroatoms. The summed E-state index contributed by atoms with van der Waals surface area (Å²) >= 11 is 5.79. The van der Waals surface area contributed by atoms with Gasteiger partial charge >= 0.3 is 0 Å². The van der Waals surface area contributed by atoms with E-state index >= 15 is 0 Å². The Morgan fingerprint density at radius 2 is 1.89 bits per heavy atom. The molecule has 0 amide bonds. The van der Waals surface area contributed by atoms with Crippen molar-refractivity contribution >= 4 is 28.2 Å². The van der Waals surface area contributed by atoms with Crippen LogP contribution in [0, 0.1) is 0 Å². The number of benzene rings is 1. The fourth-order valence-electron chi connectivity index (χ4n) is 2.58. The highest BCUT2D eigenvalue weighted by atomic mass is 35.5. The van der Waals surface area contributed by atoms with Crippen LogP contribution in [0.5, 0.6) is 0 Å². The molecular weight excluding hydrogens is 260 g/mol. The Balaban J connectivity index is 1.82. The highest BCUT2D eigenvalue weighted by molar-refractivity contribution is 6.18. The van der Waals surface area contributed by atoms with Crippen molar-refractivity contribution in [3.63, 3.8) is 0 Å². The zero-order valence-electron chi connectivity index (χ0n) is 10.8. The SMILES string of the molecule is ClCCN1CCN(c2cnnc3ccccc23)CC1. The van der Waals surface area contributed by atoms with Crippen LogP contribution in [0.4, 0.5) is 5.69 Å². The Morgan fingerprint density at radius 3 is 2.68 bits per heavy atom. The molecule has 2 aromatic rings. The maximum Gasteiger partial charge on any atom is 0.0950 e. The molecule has 0 bridgehead atoms. The molecule has 0 unspecified atom stereocenters. The van der Waals surface area contributed by atoms with E-state index in [1.165, 1.54) is 11.1 Å². The number of aromatic nitrogens is 2. The lowest BCUT2D eigenvalue weighted by atomic mass is 10.2. The smallest absolute Gasteiger partial charge is 0.0950 e. The second kappa shape index (κ2) is 5.72. The summed E-state index contributed by atoms with van der Waals surface area (Å²) in [6, 6.07) is 8.18. The van der Waals surface area contributed by atoms with Gasteiger partial charge < -0.3 is 4.90 Å². The number of nitrogens with zero attached hydrogens (tertiary/aromatic N) is 4. The van der Waals surface area contributed by atoms with Crippen LogP contribution in [0.1, 0.15) is 0 Å². The first-order chi connectivity index (χ1) is 9.38. The molecule has 4 nitrogen and oxygen atoms in total. The van der Waals surface area contributed by atoms with Crippen LogP contribution < -0.4 is 4.90 Å². The molecule has 0 spiro atoms. The highest BCUT2D eigenvalue weighted by Gasteiger charge is 2.18. The largest absolute Gasteiger partial charge is 0.367 e. The van der Waals surface area contributed by atoms with Gasteiger partial charge in [-0.2, -0.15) is 10.2 Å². The van der Waals surface area contributed by atoms with Crippen molar-refractivity contribution in [1.29, 1.82) is 0 Å². The molecule has 1 fully saturated rings. The number of alkyl halides is 1. The molecule has 1 aliphatic rings. The molecular formula is C14H17ClN4. The molecule has 19 heavy (non-hydrogen) atoms. The second-order valence-corrected chi connectivity index (χ2v) is 5.14. The Labute approximate surface area is 118 Å². The van der Waals surface area contributed by atoms with Gasteiger partial charge in [-0.1, -0.05) is 18.2 Å². The molecule has 1 aromatic heterocycles. The van der Waals surface area contributed by atoms with Gasteiger partial charge in [-0.05, 0) is 6.07 Å². The zero-order chi connectivity index (χ0) is 13.1. The molecule has 0 aliphatic carbocycles. The minimum atomic E-state index is 0.708. The molecule has 0 N–H and O–H groups in total. The predicted octanol–water partition coefficient (Wildman–Crippen LogP) is 1.99. The third kappa shape index (κ3) is 2.65. The summed E-state index contributed by atoms with van der Waals surface area (Å²) in [6.07, 6.45) is 1.87. The molecule has 3 rings (SSSR count). The van der Waals surface area contributed by atoms with E-state index in [0.717, 1.165) is 38.2 Å². The molecule has 1 aliphatic heterocycles. The lowest BCUT2D eigenvalue weighted by Gasteiger charge is -2.35. The van der Waals surface area contributed by atoms with Crippen LogP contribution in [0.3, 0.4) is 0 Å². The molecule has 0 atom stereocenters. The standard InChI is InChI=1S/C14H17ClN4/c15-5-6-18-7-9-19(10-8-18)14-11-16-17-13-4-2-1-3-12(13)14/h1-4,11H,5-10H2. The van der Waals surface area contributed by atoms with Crippen LogP contribution in [0.2, 0.25) is 0 Å². The van der Waals surface area contributed by atoms with Crippen LogP contribution in [0.25, 0.3) is 10.9 Å². The van der Waals surface area contributed by atoms with Crippen LogP contribution in [-0.4, -0.2) is 53.7 Å². The van der Waals surface area contributed by atoms with Gasteiger partial charge in [-0.3, -0.25) is 4.90 Å². The summed E-state index contributed by atoms with van der Waals surface area (Å²) in [6.45, 7) is 5.14. The first-order valence-corrected chi connectivity index (χ1v) is 7.15. The Hall–Kier alpha value is -1.39. The predicted molar refractivity (Wildman–Crippen MR) is 78.9 cm³/mol. The van der Waals surface area contributed by atoms with E-state index < -0.39 is 0 Å². The fraction of sp³-hybridized carbons (Fsp3) is 0.429. The van der Waals surface area contributed by atoms with Crippen molar-refractivity contribution in [2.24, 2.45) is 0 Å². The minimum Gasteiger partial charge on any atom is -0.367 e. The number of fused-ring (bicyclic) bond motifs is 1. The van der Waals surface area contributed by atoms with Crippen molar-refractivity contribution in [3.8, 4) is 0 Å². The average molecular weight is 277 g/mol. The lowest BCUT2D eigenvalue weighted by molar-refractivity contribution is 0.273. The molecule has 0 saturated carbocycles. The molecule has 2 heterocycles. The van der Waals surface area contributed by atoms with Crippen molar-refractivity contribution in [2.75, 3.05) is 43.5 Å². The van der Waals surface area contributed by atoms with E-state index in [1.54, 1.807) is 0 Å². The van der Waals surface area contributed by atoms with Crippen LogP contribution >= 0.6 is 11.6 Å².